The third kappa shape index (κ3) is 4.21. The molecule has 1 atom stereocenters. The first-order valence-corrected chi connectivity index (χ1v) is 7.49. The third-order valence-electron chi connectivity index (χ3n) is 4.51. The van der Waals surface area contributed by atoms with E-state index in [-0.39, 0.29) is 23.7 Å². The molecule has 0 saturated carbocycles. The molecule has 21 heavy (non-hydrogen) atoms. The second-order valence-corrected chi connectivity index (χ2v) is 6.58. The van der Waals surface area contributed by atoms with Crippen LogP contribution in [-0.4, -0.2) is 25.0 Å². The van der Waals surface area contributed by atoms with Gasteiger partial charge in [-0.25, -0.2) is 0 Å². The Balaban J connectivity index is 0.00000220. The van der Waals surface area contributed by atoms with Crippen molar-refractivity contribution < 1.29 is 4.79 Å². The summed E-state index contributed by atoms with van der Waals surface area (Å²) < 4.78 is 0. The van der Waals surface area contributed by atoms with Crippen LogP contribution in [0, 0.1) is 19.3 Å². The van der Waals surface area contributed by atoms with Crippen LogP contribution >= 0.6 is 12.4 Å². The van der Waals surface area contributed by atoms with E-state index in [2.05, 4.69) is 24.5 Å². The number of carbonyl (C=O) groups excluding carboxylic acids is 1. The van der Waals surface area contributed by atoms with Gasteiger partial charge in [-0.2, -0.15) is 0 Å². The number of carbonyl (C=O) groups is 1. The molecule has 1 aromatic rings. The number of benzene rings is 1. The summed E-state index contributed by atoms with van der Waals surface area (Å²) in [6.45, 7) is 10.3. The summed E-state index contributed by atoms with van der Waals surface area (Å²) in [5, 5.41) is 6.64. The molecular formula is C17H27ClN2O. The summed E-state index contributed by atoms with van der Waals surface area (Å²) in [5.74, 6) is 0.0452. The van der Waals surface area contributed by atoms with E-state index in [1.165, 1.54) is 12.8 Å². The lowest BCUT2D eigenvalue weighted by Crippen LogP contribution is -2.52. The van der Waals surface area contributed by atoms with Crippen molar-refractivity contribution in [3.63, 3.8) is 0 Å². The molecule has 1 aromatic carbocycles. The van der Waals surface area contributed by atoms with Crippen LogP contribution in [0.2, 0.25) is 0 Å². The zero-order valence-corrected chi connectivity index (χ0v) is 14.3. The highest BCUT2D eigenvalue weighted by molar-refractivity contribution is 5.97. The molecule has 1 fully saturated rings. The molecule has 4 heteroatoms. The third-order valence-corrected chi connectivity index (χ3v) is 4.51. The van der Waals surface area contributed by atoms with Crippen LogP contribution < -0.4 is 10.6 Å². The standard InChI is InChI=1S/C17H26N2O.ClH/c1-12-7-5-8-13(2)15(12)16(20)19-11-14-17(3,4)9-6-10-18-14;/h5,7-8,14,18H,6,9-11H2,1-4H3,(H,19,20);1H. The Labute approximate surface area is 134 Å². The molecule has 1 aliphatic heterocycles. The van der Waals surface area contributed by atoms with E-state index in [1.807, 2.05) is 32.0 Å². The number of hydrogen-bond acceptors (Lipinski definition) is 2. The van der Waals surface area contributed by atoms with Crippen molar-refractivity contribution >= 4 is 18.3 Å². The predicted octanol–water partition coefficient (Wildman–Crippen LogP) is 3.23. The maximum atomic E-state index is 12.4. The van der Waals surface area contributed by atoms with Crippen molar-refractivity contribution in [3.05, 3.63) is 34.9 Å². The van der Waals surface area contributed by atoms with Crippen LogP contribution in [0.5, 0.6) is 0 Å². The fourth-order valence-electron chi connectivity index (χ4n) is 3.08. The van der Waals surface area contributed by atoms with Gasteiger partial charge in [0.05, 0.1) is 0 Å². The molecule has 0 aliphatic carbocycles. The number of piperidine rings is 1. The van der Waals surface area contributed by atoms with Crippen molar-refractivity contribution in [2.24, 2.45) is 5.41 Å². The van der Waals surface area contributed by atoms with Crippen molar-refractivity contribution in [1.82, 2.24) is 10.6 Å². The van der Waals surface area contributed by atoms with E-state index < -0.39 is 0 Å². The molecule has 0 aromatic heterocycles. The summed E-state index contributed by atoms with van der Waals surface area (Å²) in [6.07, 6.45) is 2.43. The minimum absolute atomic E-state index is 0. The lowest BCUT2D eigenvalue weighted by atomic mass is 9.77. The van der Waals surface area contributed by atoms with Crippen LogP contribution in [0.15, 0.2) is 18.2 Å². The Morgan fingerprint density at radius 1 is 1.33 bits per heavy atom. The number of halogens is 1. The van der Waals surface area contributed by atoms with Gasteiger partial charge in [0.2, 0.25) is 0 Å². The van der Waals surface area contributed by atoms with Crippen LogP contribution in [-0.2, 0) is 0 Å². The van der Waals surface area contributed by atoms with E-state index in [1.54, 1.807) is 0 Å². The van der Waals surface area contributed by atoms with E-state index >= 15 is 0 Å². The molecule has 0 spiro atoms. The fourth-order valence-corrected chi connectivity index (χ4v) is 3.08. The van der Waals surface area contributed by atoms with Gasteiger partial charge in [0.25, 0.3) is 5.91 Å². The van der Waals surface area contributed by atoms with E-state index in [0.29, 0.717) is 12.6 Å². The zero-order valence-electron chi connectivity index (χ0n) is 13.5. The number of amides is 1. The smallest absolute Gasteiger partial charge is 0.251 e. The molecule has 118 valence electrons. The Bertz CT molecular complexity index is 479. The van der Waals surface area contributed by atoms with Crippen molar-refractivity contribution in [3.8, 4) is 0 Å². The monoisotopic (exact) mass is 310 g/mol. The van der Waals surface area contributed by atoms with Crippen molar-refractivity contribution in [2.45, 2.75) is 46.6 Å². The number of nitrogens with one attached hydrogen (secondary N) is 2. The molecule has 2 rings (SSSR count). The number of rotatable bonds is 3. The summed E-state index contributed by atoms with van der Waals surface area (Å²) in [5.41, 5.74) is 3.14. The summed E-state index contributed by atoms with van der Waals surface area (Å²) in [6, 6.07) is 6.33. The van der Waals surface area contributed by atoms with E-state index in [0.717, 1.165) is 23.2 Å². The van der Waals surface area contributed by atoms with Gasteiger partial charge in [0.15, 0.2) is 0 Å². The average molecular weight is 311 g/mol. The van der Waals surface area contributed by atoms with Crippen molar-refractivity contribution in [2.75, 3.05) is 13.1 Å². The Kier molecular flexibility index (Phi) is 6.24. The molecule has 0 bridgehead atoms. The zero-order chi connectivity index (χ0) is 14.8. The minimum atomic E-state index is 0. The summed E-state index contributed by atoms with van der Waals surface area (Å²) >= 11 is 0. The van der Waals surface area contributed by atoms with Crippen LogP contribution in [0.1, 0.15) is 48.2 Å². The Hall–Kier alpha value is -1.06. The van der Waals surface area contributed by atoms with Gasteiger partial charge < -0.3 is 10.6 Å². The van der Waals surface area contributed by atoms with Gasteiger partial charge >= 0.3 is 0 Å². The lowest BCUT2D eigenvalue weighted by molar-refractivity contribution is 0.0927. The first kappa shape index (κ1) is 18.0. The average Bonchev–Trinajstić information content (AvgIpc) is 2.36. The molecule has 1 amide bonds. The minimum Gasteiger partial charge on any atom is -0.350 e. The van der Waals surface area contributed by atoms with Gasteiger partial charge in [-0.15, -0.1) is 12.4 Å². The predicted molar refractivity (Wildman–Crippen MR) is 90.3 cm³/mol. The molecule has 1 aliphatic rings. The van der Waals surface area contributed by atoms with Crippen LogP contribution in [0.4, 0.5) is 0 Å². The first-order valence-electron chi connectivity index (χ1n) is 7.49. The second kappa shape index (κ2) is 7.28. The highest BCUT2D eigenvalue weighted by Gasteiger charge is 2.32. The Morgan fingerprint density at radius 2 is 1.95 bits per heavy atom. The highest BCUT2D eigenvalue weighted by Crippen LogP contribution is 2.29. The molecular weight excluding hydrogens is 284 g/mol. The van der Waals surface area contributed by atoms with Gasteiger partial charge in [-0.3, -0.25) is 4.79 Å². The molecule has 0 radical (unpaired) electrons. The lowest BCUT2D eigenvalue weighted by Gasteiger charge is -2.39. The van der Waals surface area contributed by atoms with Gasteiger partial charge in [-0.1, -0.05) is 32.0 Å². The molecule has 1 unspecified atom stereocenters. The molecule has 1 heterocycles. The molecule has 3 nitrogen and oxygen atoms in total. The summed E-state index contributed by atoms with van der Waals surface area (Å²) in [4.78, 5) is 12.4. The summed E-state index contributed by atoms with van der Waals surface area (Å²) in [7, 11) is 0. The van der Waals surface area contributed by atoms with Crippen LogP contribution in [0.25, 0.3) is 0 Å². The van der Waals surface area contributed by atoms with Gasteiger partial charge in [0.1, 0.15) is 0 Å². The quantitative estimate of drug-likeness (QED) is 0.900. The van der Waals surface area contributed by atoms with E-state index in [9.17, 15) is 4.79 Å². The van der Waals surface area contributed by atoms with Crippen LogP contribution in [0.3, 0.4) is 0 Å². The number of aryl methyl sites for hydroxylation is 2. The SMILES string of the molecule is Cc1cccc(C)c1C(=O)NCC1NCCCC1(C)C.Cl. The largest absolute Gasteiger partial charge is 0.350 e. The van der Waals surface area contributed by atoms with Gasteiger partial charge in [0, 0.05) is 18.2 Å². The molecule has 1 saturated heterocycles. The van der Waals surface area contributed by atoms with Gasteiger partial charge in [-0.05, 0) is 49.8 Å². The maximum Gasteiger partial charge on any atom is 0.251 e. The topological polar surface area (TPSA) is 41.1 Å². The molecule has 2 N–H and O–H groups in total. The first-order chi connectivity index (χ1) is 9.42. The second-order valence-electron chi connectivity index (χ2n) is 6.58. The number of hydrogen-bond donors (Lipinski definition) is 2. The van der Waals surface area contributed by atoms with E-state index in [4.69, 9.17) is 0 Å². The Morgan fingerprint density at radius 3 is 2.52 bits per heavy atom. The fraction of sp³-hybridized carbons (Fsp3) is 0.588. The normalized spacial score (nSPS) is 20.5. The maximum absolute atomic E-state index is 12.4. The highest BCUT2D eigenvalue weighted by atomic mass is 35.5. The van der Waals surface area contributed by atoms with Crippen molar-refractivity contribution in [1.29, 1.82) is 0 Å².